The molecule has 0 aliphatic carbocycles. The molecule has 0 amide bonds. The zero-order valence-corrected chi connectivity index (χ0v) is 17.9. The summed E-state index contributed by atoms with van der Waals surface area (Å²) >= 11 is 0. The topological polar surface area (TPSA) is 89.5 Å². The van der Waals surface area contributed by atoms with Gasteiger partial charge in [0.1, 0.15) is 11.3 Å². The highest BCUT2D eigenvalue weighted by molar-refractivity contribution is 5.83. The van der Waals surface area contributed by atoms with Crippen molar-refractivity contribution in [1.82, 2.24) is 10.6 Å². The maximum atomic E-state index is 12.2. The van der Waals surface area contributed by atoms with Crippen LogP contribution in [0.5, 0.6) is 5.75 Å². The molecule has 1 aliphatic heterocycles. The Labute approximate surface area is 182 Å². The number of hydrogen-bond acceptors (Lipinski definition) is 6. The maximum Gasteiger partial charge on any atom is 0.192 e. The highest BCUT2D eigenvalue weighted by Gasteiger charge is 2.13. The smallest absolute Gasteiger partial charge is 0.192 e. The molecule has 31 heavy (non-hydrogen) atoms. The minimum Gasteiger partial charge on any atom is -0.493 e. The van der Waals surface area contributed by atoms with Gasteiger partial charge in [-0.15, -0.1) is 0 Å². The molecule has 4 rings (SSSR count). The zero-order valence-electron chi connectivity index (χ0n) is 17.9. The number of piperidine rings is 1. The molecule has 6 nitrogen and oxygen atoms in total. The Kier molecular flexibility index (Phi) is 7.35. The minimum atomic E-state index is -0.0336. The summed E-state index contributed by atoms with van der Waals surface area (Å²) in [7, 11) is 0. The molecule has 3 aromatic rings. The predicted octanol–water partition coefficient (Wildman–Crippen LogP) is 3.28. The van der Waals surface area contributed by atoms with E-state index in [0.29, 0.717) is 30.0 Å². The van der Waals surface area contributed by atoms with E-state index < -0.39 is 0 Å². The molecule has 0 saturated carbocycles. The Morgan fingerprint density at radius 2 is 1.90 bits per heavy atom. The molecule has 0 unspecified atom stereocenters. The van der Waals surface area contributed by atoms with Gasteiger partial charge in [-0.3, -0.25) is 4.79 Å². The fourth-order valence-electron chi connectivity index (χ4n) is 4.06. The van der Waals surface area contributed by atoms with Crippen LogP contribution in [0.3, 0.4) is 0 Å². The van der Waals surface area contributed by atoms with Crippen molar-refractivity contribution < 1.29 is 9.15 Å². The largest absolute Gasteiger partial charge is 0.493 e. The van der Waals surface area contributed by atoms with Crippen LogP contribution in [0.2, 0.25) is 0 Å². The number of fused-ring (bicyclic) bond motifs is 1. The molecular formula is C25H31N3O3. The summed E-state index contributed by atoms with van der Waals surface area (Å²) in [5.41, 5.74) is 9.34. The van der Waals surface area contributed by atoms with Gasteiger partial charge in [-0.2, -0.15) is 0 Å². The molecule has 1 aliphatic rings. The fraction of sp³-hybridized carbons (Fsp3) is 0.400. The third-order valence-electron chi connectivity index (χ3n) is 5.87. The molecule has 164 valence electrons. The molecule has 1 aromatic heterocycles. The van der Waals surface area contributed by atoms with E-state index in [1.54, 1.807) is 0 Å². The maximum absolute atomic E-state index is 12.2. The molecule has 4 N–H and O–H groups in total. The molecule has 2 heterocycles. The predicted molar refractivity (Wildman–Crippen MR) is 124 cm³/mol. The monoisotopic (exact) mass is 421 g/mol. The van der Waals surface area contributed by atoms with Crippen molar-refractivity contribution in [1.29, 1.82) is 0 Å². The van der Waals surface area contributed by atoms with Crippen LogP contribution in [-0.2, 0) is 6.54 Å². The first-order valence-electron chi connectivity index (χ1n) is 11.1. The van der Waals surface area contributed by atoms with E-state index in [1.807, 2.05) is 30.3 Å². The summed E-state index contributed by atoms with van der Waals surface area (Å²) in [4.78, 5) is 12.2. The van der Waals surface area contributed by atoms with Crippen molar-refractivity contribution in [3.05, 3.63) is 64.5 Å². The van der Waals surface area contributed by atoms with E-state index in [-0.39, 0.29) is 5.43 Å². The SMILES string of the molecule is NCCCOc1ccc(-c2ccc3occc(=O)c3c2)cc1CNCC1CCNCC1. The van der Waals surface area contributed by atoms with E-state index in [9.17, 15) is 4.79 Å². The first kappa shape index (κ1) is 21.6. The van der Waals surface area contributed by atoms with Crippen LogP contribution < -0.4 is 26.5 Å². The standard InChI is InChI=1S/C25H31N3O3/c26-9-1-12-30-24-4-2-19(14-21(24)17-28-16-18-6-10-27-11-7-18)20-3-5-25-22(15-20)23(29)8-13-31-25/h2-5,8,13-15,18,27-28H,1,6-7,9-12,16-17,26H2. The molecule has 0 atom stereocenters. The highest BCUT2D eigenvalue weighted by Crippen LogP contribution is 2.29. The number of rotatable bonds is 9. The average Bonchev–Trinajstić information content (AvgIpc) is 2.81. The van der Waals surface area contributed by atoms with Crippen molar-refractivity contribution in [2.24, 2.45) is 11.7 Å². The van der Waals surface area contributed by atoms with Gasteiger partial charge in [0.05, 0.1) is 18.3 Å². The third kappa shape index (κ3) is 5.53. The van der Waals surface area contributed by atoms with Crippen LogP contribution >= 0.6 is 0 Å². The number of nitrogens with two attached hydrogens (primary N) is 1. The number of ether oxygens (including phenoxy) is 1. The van der Waals surface area contributed by atoms with Gasteiger partial charge in [0, 0.05) is 18.2 Å². The fourth-order valence-corrected chi connectivity index (χ4v) is 4.06. The summed E-state index contributed by atoms with van der Waals surface area (Å²) in [5, 5.41) is 7.63. The molecule has 0 bridgehead atoms. The number of hydrogen-bond donors (Lipinski definition) is 3. The number of nitrogens with one attached hydrogen (secondary N) is 2. The van der Waals surface area contributed by atoms with Crippen molar-refractivity contribution >= 4 is 11.0 Å². The van der Waals surface area contributed by atoms with Crippen LogP contribution in [0.4, 0.5) is 0 Å². The highest BCUT2D eigenvalue weighted by atomic mass is 16.5. The Morgan fingerprint density at radius 1 is 1.10 bits per heavy atom. The number of benzene rings is 2. The molecule has 0 spiro atoms. The first-order valence-corrected chi connectivity index (χ1v) is 11.1. The second-order valence-corrected chi connectivity index (χ2v) is 8.13. The molecule has 1 fully saturated rings. The van der Waals surface area contributed by atoms with Gasteiger partial charge >= 0.3 is 0 Å². The van der Waals surface area contributed by atoms with Gasteiger partial charge in [0.15, 0.2) is 5.43 Å². The van der Waals surface area contributed by atoms with E-state index in [0.717, 1.165) is 55.0 Å². The quantitative estimate of drug-likeness (QED) is 0.460. The lowest BCUT2D eigenvalue weighted by molar-refractivity contribution is 0.308. The second kappa shape index (κ2) is 10.6. The Morgan fingerprint density at radius 3 is 2.74 bits per heavy atom. The average molecular weight is 422 g/mol. The Bertz CT molecular complexity index is 1060. The summed E-state index contributed by atoms with van der Waals surface area (Å²) in [5.74, 6) is 1.60. The van der Waals surface area contributed by atoms with Crippen LogP contribution in [0, 0.1) is 5.92 Å². The van der Waals surface area contributed by atoms with Gasteiger partial charge in [-0.05, 0) is 86.8 Å². The molecule has 2 aromatic carbocycles. The van der Waals surface area contributed by atoms with E-state index in [4.69, 9.17) is 14.9 Å². The van der Waals surface area contributed by atoms with E-state index in [1.165, 1.54) is 25.2 Å². The third-order valence-corrected chi connectivity index (χ3v) is 5.87. The molecule has 1 saturated heterocycles. The van der Waals surface area contributed by atoms with Gasteiger partial charge < -0.3 is 25.5 Å². The van der Waals surface area contributed by atoms with Crippen LogP contribution in [0.25, 0.3) is 22.1 Å². The molecule has 6 heteroatoms. The second-order valence-electron chi connectivity index (χ2n) is 8.13. The van der Waals surface area contributed by atoms with Gasteiger partial charge in [0.2, 0.25) is 0 Å². The minimum absolute atomic E-state index is 0.0336. The van der Waals surface area contributed by atoms with Gasteiger partial charge in [-0.25, -0.2) is 0 Å². The summed E-state index contributed by atoms with van der Waals surface area (Å²) in [6.07, 6.45) is 4.69. The van der Waals surface area contributed by atoms with Crippen molar-refractivity contribution in [2.75, 3.05) is 32.8 Å². The van der Waals surface area contributed by atoms with Crippen molar-refractivity contribution in [3.8, 4) is 16.9 Å². The van der Waals surface area contributed by atoms with E-state index in [2.05, 4.69) is 16.7 Å². The summed E-state index contributed by atoms with van der Waals surface area (Å²) in [6, 6.07) is 13.4. The Hall–Kier alpha value is -2.67. The van der Waals surface area contributed by atoms with Gasteiger partial charge in [-0.1, -0.05) is 12.1 Å². The zero-order chi connectivity index (χ0) is 21.5. The normalized spacial score (nSPS) is 14.7. The van der Waals surface area contributed by atoms with Gasteiger partial charge in [0.25, 0.3) is 0 Å². The lowest BCUT2D eigenvalue weighted by atomic mass is 9.98. The van der Waals surface area contributed by atoms with Crippen molar-refractivity contribution in [2.45, 2.75) is 25.8 Å². The summed E-state index contributed by atoms with van der Waals surface area (Å²) < 4.78 is 11.5. The molecule has 0 radical (unpaired) electrons. The lowest BCUT2D eigenvalue weighted by Gasteiger charge is -2.23. The lowest BCUT2D eigenvalue weighted by Crippen LogP contribution is -2.33. The molecular weight excluding hydrogens is 390 g/mol. The van der Waals surface area contributed by atoms with Crippen LogP contribution in [0.15, 0.2) is 57.9 Å². The van der Waals surface area contributed by atoms with Crippen LogP contribution in [-0.4, -0.2) is 32.8 Å². The van der Waals surface area contributed by atoms with E-state index >= 15 is 0 Å². The first-order chi connectivity index (χ1) is 15.2. The Balaban J connectivity index is 1.56. The van der Waals surface area contributed by atoms with Crippen molar-refractivity contribution in [3.63, 3.8) is 0 Å². The van der Waals surface area contributed by atoms with Crippen LogP contribution in [0.1, 0.15) is 24.8 Å². The summed E-state index contributed by atoms with van der Waals surface area (Å²) in [6.45, 7) is 5.17.